The Morgan fingerprint density at radius 2 is 1.71 bits per heavy atom. The van der Waals surface area contributed by atoms with Gasteiger partial charge >= 0.3 is 15.4 Å². The molecule has 2 saturated heterocycles. The number of amides is 2. The number of hydroxylamine groups is 2. The maximum atomic E-state index is 13.0. The van der Waals surface area contributed by atoms with Crippen molar-refractivity contribution in [3.8, 4) is 0 Å². The zero-order valence-corrected chi connectivity index (χ0v) is 11.0. The molecule has 0 radical (unpaired) electrons. The summed E-state index contributed by atoms with van der Waals surface area (Å²) < 4.78 is 57.9. The summed E-state index contributed by atoms with van der Waals surface area (Å²) in [6.07, 6.45) is 1.67. The number of nitrogens with zero attached hydrogens (tertiary/aromatic N) is 1. The Balaban J connectivity index is 1.86. The molecule has 0 aliphatic carbocycles. The van der Waals surface area contributed by atoms with Crippen LogP contribution in [0, 0.1) is 11.8 Å². The standard InChI is InChI=1S/C10H9F2NO7S/c11-10(12,3-14)21(17,18)20-13-8(15)6-4-1-2-5(19-4)7(6)9(13)16/h1-2,4-7,14H,3H2. The number of hydrogen-bond donors (Lipinski definition) is 1. The lowest BCUT2D eigenvalue weighted by Crippen LogP contribution is -2.43. The number of ether oxygens (including phenoxy) is 1. The summed E-state index contributed by atoms with van der Waals surface area (Å²) in [5.74, 6) is -4.07. The van der Waals surface area contributed by atoms with E-state index in [9.17, 15) is 26.8 Å². The highest BCUT2D eigenvalue weighted by Crippen LogP contribution is 2.45. The van der Waals surface area contributed by atoms with E-state index < -0.39 is 57.8 Å². The fourth-order valence-corrected chi connectivity index (χ4v) is 3.19. The minimum absolute atomic E-state index is 0.177. The van der Waals surface area contributed by atoms with Crippen molar-refractivity contribution < 1.29 is 40.9 Å². The van der Waals surface area contributed by atoms with E-state index in [0.29, 0.717) is 0 Å². The Morgan fingerprint density at radius 1 is 1.24 bits per heavy atom. The minimum Gasteiger partial charge on any atom is -0.389 e. The second-order valence-electron chi connectivity index (χ2n) is 4.80. The first kappa shape index (κ1) is 14.5. The van der Waals surface area contributed by atoms with Gasteiger partial charge in [-0.1, -0.05) is 12.2 Å². The fraction of sp³-hybridized carbons (Fsp3) is 0.600. The molecule has 11 heteroatoms. The number of aliphatic hydroxyl groups excluding tert-OH is 1. The molecule has 21 heavy (non-hydrogen) atoms. The highest BCUT2D eigenvalue weighted by molar-refractivity contribution is 7.87. The van der Waals surface area contributed by atoms with Crippen molar-refractivity contribution in [2.45, 2.75) is 17.5 Å². The first-order valence-electron chi connectivity index (χ1n) is 5.84. The van der Waals surface area contributed by atoms with Crippen molar-refractivity contribution in [2.75, 3.05) is 6.61 Å². The number of aliphatic hydroxyl groups is 1. The van der Waals surface area contributed by atoms with Crippen LogP contribution >= 0.6 is 0 Å². The largest absolute Gasteiger partial charge is 0.394 e. The Labute approximate surface area is 117 Å². The van der Waals surface area contributed by atoms with Crippen LogP contribution in [0.5, 0.6) is 0 Å². The van der Waals surface area contributed by atoms with Gasteiger partial charge in [0.25, 0.3) is 11.8 Å². The normalized spacial score (nSPS) is 34.9. The molecule has 2 fully saturated rings. The van der Waals surface area contributed by atoms with Crippen molar-refractivity contribution in [1.82, 2.24) is 5.06 Å². The Morgan fingerprint density at radius 3 is 2.14 bits per heavy atom. The quantitative estimate of drug-likeness (QED) is 0.509. The summed E-state index contributed by atoms with van der Waals surface area (Å²) in [4.78, 5) is 23.9. The summed E-state index contributed by atoms with van der Waals surface area (Å²) >= 11 is 0. The van der Waals surface area contributed by atoms with Crippen LogP contribution in [0.4, 0.5) is 8.78 Å². The maximum absolute atomic E-state index is 13.0. The van der Waals surface area contributed by atoms with Crippen molar-refractivity contribution in [1.29, 1.82) is 0 Å². The monoisotopic (exact) mass is 325 g/mol. The molecule has 116 valence electrons. The van der Waals surface area contributed by atoms with Gasteiger partial charge in [0, 0.05) is 0 Å². The fourth-order valence-electron chi connectivity index (χ4n) is 2.58. The van der Waals surface area contributed by atoms with Crippen LogP contribution in [0.15, 0.2) is 12.2 Å². The Bertz CT molecular complexity index is 616. The third-order valence-corrected chi connectivity index (χ3v) is 4.80. The maximum Gasteiger partial charge on any atom is 0.394 e. The lowest BCUT2D eigenvalue weighted by molar-refractivity contribution is -0.169. The Kier molecular flexibility index (Phi) is 2.96. The summed E-state index contributed by atoms with van der Waals surface area (Å²) in [5, 5.41) is 3.56. The molecule has 0 aromatic carbocycles. The first-order chi connectivity index (χ1) is 9.69. The number of carbonyl (C=O) groups excluding carboxylic acids is 2. The van der Waals surface area contributed by atoms with E-state index >= 15 is 0 Å². The van der Waals surface area contributed by atoms with E-state index in [1.165, 1.54) is 12.2 Å². The van der Waals surface area contributed by atoms with Crippen molar-refractivity contribution in [3.05, 3.63) is 12.2 Å². The number of rotatable bonds is 4. The number of imide groups is 1. The summed E-state index contributed by atoms with van der Waals surface area (Å²) in [6, 6.07) is 0. The molecule has 3 heterocycles. The smallest absolute Gasteiger partial charge is 0.389 e. The third-order valence-electron chi connectivity index (χ3n) is 3.59. The van der Waals surface area contributed by atoms with Crippen LogP contribution in [-0.4, -0.2) is 54.5 Å². The lowest BCUT2D eigenvalue weighted by Gasteiger charge is -2.19. The molecule has 1 N–H and O–H groups in total. The number of hydrogen-bond acceptors (Lipinski definition) is 7. The summed E-state index contributed by atoms with van der Waals surface area (Å²) in [6.45, 7) is -2.03. The molecule has 2 bridgehead atoms. The van der Waals surface area contributed by atoms with Crippen LogP contribution in [0.25, 0.3) is 0 Å². The number of alkyl halides is 2. The van der Waals surface area contributed by atoms with Crippen LogP contribution in [0.2, 0.25) is 0 Å². The molecule has 0 saturated carbocycles. The molecule has 0 spiro atoms. The molecule has 3 aliphatic heterocycles. The second kappa shape index (κ2) is 4.29. The predicted molar refractivity (Wildman–Crippen MR) is 58.7 cm³/mol. The second-order valence-corrected chi connectivity index (χ2v) is 6.45. The number of carbonyl (C=O) groups is 2. The van der Waals surface area contributed by atoms with Gasteiger partial charge in [-0.05, 0) is 0 Å². The lowest BCUT2D eigenvalue weighted by atomic mass is 9.85. The van der Waals surface area contributed by atoms with Crippen molar-refractivity contribution in [3.63, 3.8) is 0 Å². The average Bonchev–Trinajstić information content (AvgIpc) is 3.08. The SMILES string of the molecule is O=C1C2C3C=CC(O3)C2C(=O)N1OS(=O)(=O)C(F)(F)CO. The van der Waals surface area contributed by atoms with Crippen LogP contribution in [0.3, 0.4) is 0 Å². The topological polar surface area (TPSA) is 110 Å². The molecular formula is C10H9F2NO7S. The van der Waals surface area contributed by atoms with Gasteiger partial charge in [-0.3, -0.25) is 9.59 Å². The average molecular weight is 325 g/mol. The zero-order valence-electron chi connectivity index (χ0n) is 10.2. The summed E-state index contributed by atoms with van der Waals surface area (Å²) in [5.41, 5.74) is 0. The van der Waals surface area contributed by atoms with Gasteiger partial charge in [-0.15, -0.1) is 9.35 Å². The first-order valence-corrected chi connectivity index (χ1v) is 7.25. The van der Waals surface area contributed by atoms with E-state index in [1.807, 2.05) is 0 Å². The minimum atomic E-state index is -5.66. The van der Waals surface area contributed by atoms with Gasteiger partial charge in [0.2, 0.25) is 0 Å². The number of fused-ring (bicyclic) bond motifs is 5. The van der Waals surface area contributed by atoms with Gasteiger partial charge in [0.15, 0.2) is 0 Å². The molecule has 0 aromatic heterocycles. The molecular weight excluding hydrogens is 316 g/mol. The van der Waals surface area contributed by atoms with E-state index in [2.05, 4.69) is 4.28 Å². The van der Waals surface area contributed by atoms with Crippen LogP contribution < -0.4 is 0 Å². The summed E-state index contributed by atoms with van der Waals surface area (Å²) in [7, 11) is -5.66. The Hall–Kier alpha value is -1.43. The van der Waals surface area contributed by atoms with E-state index in [4.69, 9.17) is 9.84 Å². The van der Waals surface area contributed by atoms with Crippen molar-refractivity contribution in [2.24, 2.45) is 11.8 Å². The van der Waals surface area contributed by atoms with Gasteiger partial charge < -0.3 is 9.84 Å². The molecule has 4 atom stereocenters. The molecule has 3 aliphatic rings. The zero-order chi connectivity index (χ0) is 15.6. The van der Waals surface area contributed by atoms with Gasteiger partial charge in [0.05, 0.1) is 24.0 Å². The van der Waals surface area contributed by atoms with Gasteiger partial charge in [0.1, 0.15) is 6.61 Å². The predicted octanol–water partition coefficient (Wildman–Crippen LogP) is -1.23. The molecule has 4 unspecified atom stereocenters. The molecule has 8 nitrogen and oxygen atoms in total. The highest BCUT2D eigenvalue weighted by atomic mass is 32.2. The number of halogens is 2. The van der Waals surface area contributed by atoms with Crippen LogP contribution in [0.1, 0.15) is 0 Å². The molecule has 0 aromatic rings. The molecule has 2 amide bonds. The van der Waals surface area contributed by atoms with E-state index in [0.717, 1.165) is 0 Å². The van der Waals surface area contributed by atoms with Crippen molar-refractivity contribution >= 4 is 21.9 Å². The van der Waals surface area contributed by atoms with Crippen LogP contribution in [-0.2, 0) is 28.7 Å². The van der Waals surface area contributed by atoms with E-state index in [-0.39, 0.29) is 5.06 Å². The van der Waals surface area contributed by atoms with Gasteiger partial charge in [-0.25, -0.2) is 0 Å². The third kappa shape index (κ3) is 1.84. The van der Waals surface area contributed by atoms with E-state index in [1.54, 1.807) is 0 Å². The highest BCUT2D eigenvalue weighted by Gasteiger charge is 2.63. The van der Waals surface area contributed by atoms with Gasteiger partial charge in [-0.2, -0.15) is 17.2 Å². The molecule has 3 rings (SSSR count).